The van der Waals surface area contributed by atoms with Crippen LogP contribution in [0, 0.1) is 0 Å². The highest BCUT2D eigenvalue weighted by atomic mass is 19.4. The maximum atomic E-state index is 13.9. The van der Waals surface area contributed by atoms with Crippen LogP contribution in [0.5, 0.6) is 5.88 Å². The fraction of sp³-hybridized carbons (Fsp3) is 0.486. The summed E-state index contributed by atoms with van der Waals surface area (Å²) >= 11 is 0. The van der Waals surface area contributed by atoms with Gasteiger partial charge in [-0.1, -0.05) is 6.92 Å². The number of methoxy groups -OCH3 is 1. The van der Waals surface area contributed by atoms with E-state index in [9.17, 15) is 35.9 Å². The Balaban J connectivity index is 1.62. The molecule has 3 aromatic rings. The second kappa shape index (κ2) is 15.5. The molecule has 1 aromatic carbocycles. The zero-order valence-corrected chi connectivity index (χ0v) is 28.5. The summed E-state index contributed by atoms with van der Waals surface area (Å²) in [6.07, 6.45) is -8.96. The Morgan fingerprint density at radius 3 is 2.29 bits per heavy atom. The minimum atomic E-state index is -5.04. The fourth-order valence-electron chi connectivity index (χ4n) is 6.50. The second-order valence-electron chi connectivity index (χ2n) is 12.7. The van der Waals surface area contributed by atoms with Crippen LogP contribution < -0.4 is 20.3 Å². The topological polar surface area (TPSA) is 140 Å². The van der Waals surface area contributed by atoms with E-state index in [1.807, 2.05) is 4.90 Å². The Hall–Kier alpha value is -4.64. The van der Waals surface area contributed by atoms with Crippen LogP contribution >= 0.6 is 0 Å². The Morgan fingerprint density at radius 1 is 1.02 bits per heavy atom. The van der Waals surface area contributed by atoms with Crippen LogP contribution in [0.4, 0.5) is 42.5 Å². The molecule has 1 fully saturated rings. The van der Waals surface area contributed by atoms with Gasteiger partial charge in [-0.3, -0.25) is 14.7 Å². The predicted octanol–water partition coefficient (Wildman–Crippen LogP) is 6.75. The van der Waals surface area contributed by atoms with Crippen LogP contribution in [0.15, 0.2) is 42.6 Å². The number of aliphatic carboxylic acids is 1. The highest BCUT2D eigenvalue weighted by molar-refractivity contribution is 5.91. The number of aromatic nitrogens is 2. The lowest BCUT2D eigenvalue weighted by Gasteiger charge is -2.46. The number of alkyl halides is 6. The third kappa shape index (κ3) is 8.69. The van der Waals surface area contributed by atoms with Crippen molar-refractivity contribution in [2.24, 2.45) is 5.73 Å². The Morgan fingerprint density at radius 2 is 1.69 bits per heavy atom. The highest BCUT2D eigenvalue weighted by Crippen LogP contribution is 2.47. The molecule has 2 aromatic heterocycles. The van der Waals surface area contributed by atoms with Crippen molar-refractivity contribution in [1.29, 1.82) is 0 Å². The number of fused-ring (bicyclic) bond motifs is 1. The van der Waals surface area contributed by atoms with Crippen LogP contribution in [0.25, 0.3) is 0 Å². The average molecular weight is 740 g/mol. The van der Waals surface area contributed by atoms with Gasteiger partial charge in [-0.05, 0) is 73.6 Å². The standard InChI is InChI=1S/C35H39F6N5O6/c1-3-33(42)19-26(31-27(7-8-28(44-31)50-2)46(33)32(49)52-11-5-4-6-29(47)48)30-22(17-25(20-43-30)45-9-12-51-13-10-45)14-21-15-23(34(36,37)38)18-24(16-21)35(39,40)41/h7-8,15-18,20,26H,3-6,9-14,19,42H2,1-2H3,(H,47,48)/t26-,33+/m0/s1. The molecular weight excluding hydrogens is 700 g/mol. The predicted molar refractivity (Wildman–Crippen MR) is 176 cm³/mol. The van der Waals surface area contributed by atoms with Crippen molar-refractivity contribution in [1.82, 2.24) is 9.97 Å². The third-order valence-electron chi connectivity index (χ3n) is 9.20. The van der Waals surface area contributed by atoms with Gasteiger partial charge in [0.15, 0.2) is 0 Å². The van der Waals surface area contributed by atoms with Crippen molar-refractivity contribution in [3.05, 3.63) is 76.2 Å². The van der Waals surface area contributed by atoms with Gasteiger partial charge < -0.3 is 30.0 Å². The van der Waals surface area contributed by atoms with E-state index < -0.39 is 47.1 Å². The van der Waals surface area contributed by atoms with Gasteiger partial charge in [-0.25, -0.2) is 9.78 Å². The molecule has 2 aliphatic heterocycles. The first-order valence-corrected chi connectivity index (χ1v) is 16.7. The maximum Gasteiger partial charge on any atom is 0.416 e. The van der Waals surface area contributed by atoms with Gasteiger partial charge in [0.25, 0.3) is 0 Å². The molecule has 4 heterocycles. The Kier molecular flexibility index (Phi) is 11.5. The number of unbranched alkanes of at least 4 members (excludes halogenated alkanes) is 1. The van der Waals surface area contributed by atoms with E-state index in [1.165, 1.54) is 18.1 Å². The summed E-state index contributed by atoms with van der Waals surface area (Å²) in [6.45, 7) is 3.48. The van der Waals surface area contributed by atoms with Gasteiger partial charge in [0.05, 0.1) is 67.0 Å². The molecule has 2 aliphatic rings. The smallest absolute Gasteiger partial charge is 0.416 e. The molecule has 0 aliphatic carbocycles. The maximum absolute atomic E-state index is 13.9. The van der Waals surface area contributed by atoms with E-state index in [-0.39, 0.29) is 67.6 Å². The van der Waals surface area contributed by atoms with Crippen molar-refractivity contribution < 1.29 is 55.2 Å². The molecule has 2 atom stereocenters. The SMILES string of the molecule is CC[C@]1(N)C[C@@H](c2ncc(N3CCOCC3)cc2Cc2cc(C(F)(F)F)cc(C(F)(F)F)c2)c2nc(OC)ccc2N1C(=O)OCCCCC(=O)O. The number of hydrogen-bond donors (Lipinski definition) is 2. The molecule has 0 radical (unpaired) electrons. The zero-order chi connectivity index (χ0) is 37.8. The highest BCUT2D eigenvalue weighted by Gasteiger charge is 2.47. The number of hydrogen-bond acceptors (Lipinski definition) is 9. The Labute approximate surface area is 295 Å². The summed E-state index contributed by atoms with van der Waals surface area (Å²) in [7, 11) is 1.39. The summed E-state index contributed by atoms with van der Waals surface area (Å²) in [5, 5.41) is 8.92. The van der Waals surface area contributed by atoms with Crippen molar-refractivity contribution in [3.8, 4) is 5.88 Å². The summed E-state index contributed by atoms with van der Waals surface area (Å²) in [5.74, 6) is -1.60. The van der Waals surface area contributed by atoms with Gasteiger partial charge in [0.2, 0.25) is 5.88 Å². The zero-order valence-electron chi connectivity index (χ0n) is 28.5. The number of amides is 1. The lowest BCUT2D eigenvalue weighted by atomic mass is 9.80. The van der Waals surface area contributed by atoms with Gasteiger partial charge in [0, 0.05) is 31.5 Å². The summed E-state index contributed by atoms with van der Waals surface area (Å²) in [4.78, 5) is 37.2. The van der Waals surface area contributed by atoms with E-state index >= 15 is 0 Å². The number of pyridine rings is 2. The lowest BCUT2D eigenvalue weighted by molar-refractivity contribution is -0.143. The van der Waals surface area contributed by atoms with E-state index in [0.717, 1.165) is 0 Å². The fourth-order valence-corrected chi connectivity index (χ4v) is 6.50. The van der Waals surface area contributed by atoms with Crippen molar-refractivity contribution in [3.63, 3.8) is 0 Å². The molecule has 1 amide bonds. The monoisotopic (exact) mass is 739 g/mol. The van der Waals surface area contributed by atoms with Gasteiger partial charge in [0.1, 0.15) is 5.66 Å². The van der Waals surface area contributed by atoms with Crippen LogP contribution in [-0.2, 0) is 33.0 Å². The van der Waals surface area contributed by atoms with Crippen molar-refractivity contribution in [2.75, 3.05) is 49.8 Å². The molecule has 3 N–H and O–H groups in total. The average Bonchev–Trinajstić information content (AvgIpc) is 3.10. The van der Waals surface area contributed by atoms with E-state index in [2.05, 4.69) is 4.98 Å². The number of ether oxygens (including phenoxy) is 3. The first-order chi connectivity index (χ1) is 24.5. The molecule has 0 saturated carbocycles. The third-order valence-corrected chi connectivity index (χ3v) is 9.20. The number of halogens is 6. The number of benzene rings is 1. The quantitative estimate of drug-likeness (QED) is 0.160. The molecule has 0 unspecified atom stereocenters. The van der Waals surface area contributed by atoms with E-state index in [4.69, 9.17) is 30.0 Å². The first-order valence-electron chi connectivity index (χ1n) is 16.7. The molecule has 5 rings (SSSR count). The molecule has 17 heteroatoms. The lowest BCUT2D eigenvalue weighted by Crippen LogP contribution is -2.61. The van der Waals surface area contributed by atoms with E-state index in [0.29, 0.717) is 61.8 Å². The van der Waals surface area contributed by atoms with Crippen LogP contribution in [0.1, 0.15) is 78.6 Å². The minimum Gasteiger partial charge on any atom is -0.481 e. The number of carbonyl (C=O) groups excluding carboxylic acids is 1. The molecule has 0 spiro atoms. The first kappa shape index (κ1) is 38.6. The van der Waals surface area contributed by atoms with Crippen LogP contribution in [0.3, 0.4) is 0 Å². The second-order valence-corrected chi connectivity index (χ2v) is 12.7. The molecule has 11 nitrogen and oxygen atoms in total. The molecule has 1 saturated heterocycles. The van der Waals surface area contributed by atoms with E-state index in [1.54, 1.807) is 25.3 Å². The number of carbonyl (C=O) groups is 2. The summed E-state index contributed by atoms with van der Waals surface area (Å²) < 4.78 is 99.5. The van der Waals surface area contributed by atoms with Crippen molar-refractivity contribution in [2.45, 2.75) is 69.4 Å². The van der Waals surface area contributed by atoms with Crippen molar-refractivity contribution >= 4 is 23.4 Å². The molecular formula is C35H39F6N5O6. The largest absolute Gasteiger partial charge is 0.481 e. The summed E-state index contributed by atoms with van der Waals surface area (Å²) in [5.41, 5.74) is 4.22. The normalized spacial score (nSPS) is 19.3. The van der Waals surface area contributed by atoms with Gasteiger partial charge >= 0.3 is 24.4 Å². The number of carboxylic acid groups (broad SMARTS) is 1. The number of carboxylic acids is 1. The minimum absolute atomic E-state index is 0.00191. The number of morpholine rings is 1. The Bertz CT molecular complexity index is 1730. The van der Waals surface area contributed by atoms with Crippen LogP contribution in [-0.4, -0.2) is 72.8 Å². The molecule has 52 heavy (non-hydrogen) atoms. The number of nitrogens with zero attached hydrogens (tertiary/aromatic N) is 4. The van der Waals surface area contributed by atoms with Gasteiger partial charge in [-0.15, -0.1) is 0 Å². The number of anilines is 2. The number of nitrogens with two attached hydrogens (primary N) is 1. The molecule has 282 valence electrons. The van der Waals surface area contributed by atoms with Gasteiger partial charge in [-0.2, -0.15) is 26.3 Å². The number of rotatable bonds is 11. The van der Waals surface area contributed by atoms with Crippen LogP contribution in [0.2, 0.25) is 0 Å². The summed E-state index contributed by atoms with van der Waals surface area (Å²) in [6, 6.07) is 6.27. The molecule has 0 bridgehead atoms.